The smallest absolute Gasteiger partial charge is 0.140 e. The van der Waals surface area contributed by atoms with Gasteiger partial charge in [-0.1, -0.05) is 31.5 Å². The molecule has 4 heteroatoms. The van der Waals surface area contributed by atoms with Gasteiger partial charge in [0.25, 0.3) is 0 Å². The van der Waals surface area contributed by atoms with E-state index in [-0.39, 0.29) is 0 Å². The number of aryl methyl sites for hydroxylation is 1. The zero-order chi connectivity index (χ0) is 13.8. The highest BCUT2D eigenvalue weighted by Crippen LogP contribution is 2.25. The van der Waals surface area contributed by atoms with Crippen molar-refractivity contribution < 1.29 is 4.74 Å². The Bertz CT molecular complexity index is 532. The summed E-state index contributed by atoms with van der Waals surface area (Å²) in [5, 5.41) is 0.990. The molecular weight excluding hydrogens is 256 g/mol. The molecule has 0 radical (unpaired) electrons. The first kappa shape index (κ1) is 14.0. The van der Waals surface area contributed by atoms with Gasteiger partial charge >= 0.3 is 0 Å². The van der Waals surface area contributed by atoms with E-state index in [1.807, 2.05) is 24.3 Å². The zero-order valence-electron chi connectivity index (χ0n) is 11.6. The van der Waals surface area contributed by atoms with Crippen molar-refractivity contribution in [2.24, 2.45) is 5.73 Å². The van der Waals surface area contributed by atoms with Crippen LogP contribution in [0.3, 0.4) is 0 Å². The van der Waals surface area contributed by atoms with E-state index >= 15 is 0 Å². The minimum Gasteiger partial charge on any atom is -0.486 e. The molecule has 0 saturated heterocycles. The SMILES string of the molecule is Cc1ccc(OCc2nc(C(C)C)c(CN)s2)cc1. The van der Waals surface area contributed by atoms with Crippen molar-refractivity contribution in [2.45, 2.75) is 39.8 Å². The Labute approximate surface area is 118 Å². The summed E-state index contributed by atoms with van der Waals surface area (Å²) in [6, 6.07) is 8.05. The molecule has 0 aliphatic carbocycles. The molecule has 0 atom stereocenters. The molecule has 2 rings (SSSR count). The molecule has 0 spiro atoms. The summed E-state index contributed by atoms with van der Waals surface area (Å²) in [5.41, 5.74) is 8.09. The summed E-state index contributed by atoms with van der Waals surface area (Å²) in [6.07, 6.45) is 0. The molecule has 0 fully saturated rings. The van der Waals surface area contributed by atoms with Crippen LogP contribution in [0.15, 0.2) is 24.3 Å². The van der Waals surface area contributed by atoms with Crippen LogP contribution in [0, 0.1) is 6.92 Å². The highest BCUT2D eigenvalue weighted by Gasteiger charge is 2.13. The minimum absolute atomic E-state index is 0.405. The van der Waals surface area contributed by atoms with Gasteiger partial charge in [-0.3, -0.25) is 0 Å². The predicted molar refractivity (Wildman–Crippen MR) is 79.6 cm³/mol. The molecule has 0 bridgehead atoms. The Morgan fingerprint density at radius 3 is 2.47 bits per heavy atom. The first-order valence-corrected chi connectivity index (χ1v) is 7.29. The van der Waals surface area contributed by atoms with Gasteiger partial charge in [-0.25, -0.2) is 4.98 Å². The predicted octanol–water partition coefficient (Wildman–Crippen LogP) is 3.61. The fourth-order valence-corrected chi connectivity index (χ4v) is 2.87. The maximum Gasteiger partial charge on any atom is 0.140 e. The molecule has 2 N–H and O–H groups in total. The molecule has 3 nitrogen and oxygen atoms in total. The Balaban J connectivity index is 2.05. The lowest BCUT2D eigenvalue weighted by molar-refractivity contribution is 0.305. The number of rotatable bonds is 5. The number of benzene rings is 1. The first-order valence-electron chi connectivity index (χ1n) is 6.48. The van der Waals surface area contributed by atoms with E-state index in [0.717, 1.165) is 21.3 Å². The lowest BCUT2D eigenvalue weighted by Crippen LogP contribution is -2.00. The summed E-state index contributed by atoms with van der Waals surface area (Å²) in [6.45, 7) is 7.40. The molecule has 1 aromatic heterocycles. The molecular formula is C15H20N2OS. The second-order valence-electron chi connectivity index (χ2n) is 4.88. The van der Waals surface area contributed by atoms with Gasteiger partial charge in [0.05, 0.1) is 5.69 Å². The van der Waals surface area contributed by atoms with Crippen LogP contribution in [0.4, 0.5) is 0 Å². The monoisotopic (exact) mass is 276 g/mol. The van der Waals surface area contributed by atoms with Crippen LogP contribution in [-0.2, 0) is 13.2 Å². The third-order valence-corrected chi connectivity index (χ3v) is 3.95. The Hall–Kier alpha value is -1.39. The number of nitrogens with zero attached hydrogens (tertiary/aromatic N) is 1. The average molecular weight is 276 g/mol. The van der Waals surface area contributed by atoms with Crippen LogP contribution in [0.1, 0.15) is 40.9 Å². The molecule has 0 amide bonds. The number of thiazole rings is 1. The number of hydrogen-bond acceptors (Lipinski definition) is 4. The van der Waals surface area contributed by atoms with Crippen LogP contribution in [0.2, 0.25) is 0 Å². The summed E-state index contributed by atoms with van der Waals surface area (Å²) < 4.78 is 5.75. The summed E-state index contributed by atoms with van der Waals surface area (Å²) in [4.78, 5) is 5.79. The molecule has 0 unspecified atom stereocenters. The molecule has 1 aromatic carbocycles. The standard InChI is InChI=1S/C15H20N2OS/c1-10(2)15-13(8-16)19-14(17-15)9-18-12-6-4-11(3)5-7-12/h4-7,10H,8-9,16H2,1-3H3. The molecule has 0 aliphatic rings. The summed E-state index contributed by atoms with van der Waals surface area (Å²) in [5.74, 6) is 1.28. The number of nitrogens with two attached hydrogens (primary N) is 1. The number of hydrogen-bond donors (Lipinski definition) is 1. The third kappa shape index (κ3) is 3.55. The van der Waals surface area contributed by atoms with Crippen molar-refractivity contribution in [2.75, 3.05) is 0 Å². The number of ether oxygens (including phenoxy) is 1. The summed E-state index contributed by atoms with van der Waals surface area (Å²) in [7, 11) is 0. The van der Waals surface area contributed by atoms with E-state index in [2.05, 4.69) is 25.8 Å². The molecule has 0 aliphatic heterocycles. The largest absolute Gasteiger partial charge is 0.486 e. The third-order valence-electron chi connectivity index (χ3n) is 2.89. The van der Waals surface area contributed by atoms with Crippen molar-refractivity contribution in [1.29, 1.82) is 0 Å². The molecule has 19 heavy (non-hydrogen) atoms. The van der Waals surface area contributed by atoms with Gasteiger partial charge in [0.1, 0.15) is 17.4 Å². The van der Waals surface area contributed by atoms with Crippen molar-refractivity contribution in [3.05, 3.63) is 45.4 Å². The lowest BCUT2D eigenvalue weighted by atomic mass is 10.1. The zero-order valence-corrected chi connectivity index (χ0v) is 12.5. The Kier molecular flexibility index (Phi) is 4.56. The summed E-state index contributed by atoms with van der Waals surface area (Å²) >= 11 is 1.65. The van der Waals surface area contributed by atoms with Gasteiger partial charge in [-0.2, -0.15) is 0 Å². The fraction of sp³-hybridized carbons (Fsp3) is 0.400. The van der Waals surface area contributed by atoms with Gasteiger partial charge in [-0.05, 0) is 25.0 Å². The van der Waals surface area contributed by atoms with Gasteiger partial charge in [0.15, 0.2) is 0 Å². The first-order chi connectivity index (χ1) is 9.10. The topological polar surface area (TPSA) is 48.1 Å². The molecule has 102 valence electrons. The van der Waals surface area contributed by atoms with Gasteiger partial charge in [-0.15, -0.1) is 11.3 Å². The van der Waals surface area contributed by atoms with Crippen LogP contribution in [0.5, 0.6) is 5.75 Å². The molecule has 0 saturated carbocycles. The van der Waals surface area contributed by atoms with Crippen LogP contribution < -0.4 is 10.5 Å². The van der Waals surface area contributed by atoms with Gasteiger partial charge in [0.2, 0.25) is 0 Å². The quantitative estimate of drug-likeness (QED) is 0.907. The second kappa shape index (κ2) is 6.17. The van der Waals surface area contributed by atoms with Crippen LogP contribution >= 0.6 is 11.3 Å². The highest BCUT2D eigenvalue weighted by atomic mass is 32.1. The maximum absolute atomic E-state index is 5.76. The van der Waals surface area contributed by atoms with E-state index in [4.69, 9.17) is 10.5 Å². The highest BCUT2D eigenvalue weighted by molar-refractivity contribution is 7.11. The van der Waals surface area contributed by atoms with Gasteiger partial charge in [0, 0.05) is 11.4 Å². The fourth-order valence-electron chi connectivity index (χ4n) is 1.85. The van der Waals surface area contributed by atoms with E-state index in [1.54, 1.807) is 11.3 Å². The van der Waals surface area contributed by atoms with E-state index in [0.29, 0.717) is 19.1 Å². The lowest BCUT2D eigenvalue weighted by Gasteiger charge is -2.04. The second-order valence-corrected chi connectivity index (χ2v) is 6.04. The van der Waals surface area contributed by atoms with Gasteiger partial charge < -0.3 is 10.5 Å². The van der Waals surface area contributed by atoms with Crippen molar-refractivity contribution in [3.63, 3.8) is 0 Å². The van der Waals surface area contributed by atoms with Crippen LogP contribution in [0.25, 0.3) is 0 Å². The maximum atomic E-state index is 5.76. The normalized spacial score (nSPS) is 11.0. The Morgan fingerprint density at radius 2 is 1.95 bits per heavy atom. The number of aromatic nitrogens is 1. The van der Waals surface area contributed by atoms with E-state index < -0.39 is 0 Å². The van der Waals surface area contributed by atoms with Crippen molar-refractivity contribution >= 4 is 11.3 Å². The van der Waals surface area contributed by atoms with E-state index in [9.17, 15) is 0 Å². The minimum atomic E-state index is 0.405. The molecule has 2 aromatic rings. The molecule has 1 heterocycles. The van der Waals surface area contributed by atoms with Crippen molar-refractivity contribution in [3.8, 4) is 5.75 Å². The Morgan fingerprint density at radius 1 is 1.26 bits per heavy atom. The van der Waals surface area contributed by atoms with Crippen molar-refractivity contribution in [1.82, 2.24) is 4.98 Å². The van der Waals surface area contributed by atoms with E-state index in [1.165, 1.54) is 5.56 Å². The average Bonchev–Trinajstić information content (AvgIpc) is 2.81. The van der Waals surface area contributed by atoms with Crippen LogP contribution in [-0.4, -0.2) is 4.98 Å².